The predicted molar refractivity (Wildman–Crippen MR) is 101 cm³/mol. The molecule has 2 aromatic heterocycles. The lowest BCUT2D eigenvalue weighted by molar-refractivity contribution is 0.102. The fourth-order valence-corrected chi connectivity index (χ4v) is 2.70. The number of carbonyl (C=O) groups is 1. The van der Waals surface area contributed by atoms with Gasteiger partial charge in [-0.05, 0) is 42.8 Å². The van der Waals surface area contributed by atoms with Crippen LogP contribution in [0.4, 0.5) is 5.69 Å². The van der Waals surface area contributed by atoms with Gasteiger partial charge in [0.25, 0.3) is 5.91 Å². The number of hydrogen-bond donors (Lipinski definition) is 2. The van der Waals surface area contributed by atoms with Crippen LogP contribution in [0.5, 0.6) is 0 Å². The van der Waals surface area contributed by atoms with E-state index in [0.29, 0.717) is 17.3 Å². The van der Waals surface area contributed by atoms with Crippen molar-refractivity contribution in [3.63, 3.8) is 0 Å². The van der Waals surface area contributed by atoms with Crippen LogP contribution >= 0.6 is 0 Å². The molecule has 0 aliphatic rings. The molecule has 4 aromatic rings. The number of H-pyrrole nitrogens is 1. The van der Waals surface area contributed by atoms with Gasteiger partial charge in [0.15, 0.2) is 0 Å². The highest BCUT2D eigenvalue weighted by atomic mass is 16.4. The molecule has 2 aromatic carbocycles. The maximum Gasteiger partial charge on any atom is 0.255 e. The summed E-state index contributed by atoms with van der Waals surface area (Å²) in [5.74, 6) is 1.49. The van der Waals surface area contributed by atoms with Crippen LogP contribution in [-0.4, -0.2) is 26.1 Å². The summed E-state index contributed by atoms with van der Waals surface area (Å²) in [6.45, 7) is 3.68. The molecule has 4 rings (SSSR count). The third-order valence-corrected chi connectivity index (χ3v) is 4.18. The lowest BCUT2D eigenvalue weighted by atomic mass is 10.1. The number of hydrogen-bond acceptors (Lipinski definition) is 5. The number of benzene rings is 2. The molecule has 0 radical (unpaired) electrons. The molecule has 27 heavy (non-hydrogen) atoms. The predicted octanol–water partition coefficient (Wildman–Crippen LogP) is 4.00. The normalized spacial score (nSPS) is 10.7. The van der Waals surface area contributed by atoms with Gasteiger partial charge in [0.1, 0.15) is 5.82 Å². The van der Waals surface area contributed by atoms with Crippen LogP contribution in [0.1, 0.15) is 21.8 Å². The Hall–Kier alpha value is -3.74. The van der Waals surface area contributed by atoms with E-state index in [4.69, 9.17) is 4.42 Å². The zero-order valence-electron chi connectivity index (χ0n) is 14.9. The first kappa shape index (κ1) is 16.7. The summed E-state index contributed by atoms with van der Waals surface area (Å²) in [6, 6.07) is 12.9. The lowest BCUT2D eigenvalue weighted by Gasteiger charge is -2.10. The number of anilines is 1. The number of nitrogens with one attached hydrogen (secondary N) is 2. The zero-order valence-corrected chi connectivity index (χ0v) is 14.9. The number of aromatic nitrogens is 4. The Kier molecular flexibility index (Phi) is 4.25. The molecule has 134 valence electrons. The lowest BCUT2D eigenvalue weighted by Crippen LogP contribution is -2.12. The molecular weight excluding hydrogens is 342 g/mol. The number of carbonyl (C=O) groups excluding carboxylic acids is 1. The van der Waals surface area contributed by atoms with E-state index in [1.54, 1.807) is 43.6 Å². The third-order valence-electron chi connectivity index (χ3n) is 4.18. The molecule has 0 saturated carbocycles. The van der Waals surface area contributed by atoms with Gasteiger partial charge in [0, 0.05) is 41.7 Å². The number of imidazole rings is 1. The molecule has 2 N–H and O–H groups in total. The van der Waals surface area contributed by atoms with Crippen molar-refractivity contribution < 1.29 is 9.21 Å². The Bertz CT molecular complexity index is 1080. The van der Waals surface area contributed by atoms with E-state index in [2.05, 4.69) is 25.5 Å². The summed E-state index contributed by atoms with van der Waals surface area (Å²) < 4.78 is 5.40. The minimum Gasteiger partial charge on any atom is -0.421 e. The molecule has 0 aliphatic carbocycles. The quantitative estimate of drug-likeness (QED) is 0.574. The Morgan fingerprint density at radius 3 is 2.48 bits per heavy atom. The number of rotatable bonds is 4. The average Bonchev–Trinajstić information content (AvgIpc) is 3.35. The van der Waals surface area contributed by atoms with Gasteiger partial charge in [0.05, 0.1) is 0 Å². The van der Waals surface area contributed by atoms with E-state index < -0.39 is 0 Å². The molecule has 0 bridgehead atoms. The van der Waals surface area contributed by atoms with Crippen LogP contribution in [0.3, 0.4) is 0 Å². The van der Waals surface area contributed by atoms with Gasteiger partial charge in [-0.1, -0.05) is 12.1 Å². The second-order valence-corrected chi connectivity index (χ2v) is 6.13. The fraction of sp³-hybridized carbons (Fsp3) is 0.100. The van der Waals surface area contributed by atoms with Crippen LogP contribution in [0.2, 0.25) is 0 Å². The van der Waals surface area contributed by atoms with Crippen molar-refractivity contribution in [1.82, 2.24) is 20.2 Å². The molecule has 0 aliphatic heterocycles. The van der Waals surface area contributed by atoms with E-state index in [1.165, 1.54) is 0 Å². The van der Waals surface area contributed by atoms with Crippen molar-refractivity contribution in [3.05, 3.63) is 71.9 Å². The Labute approximate surface area is 155 Å². The van der Waals surface area contributed by atoms with E-state index >= 15 is 0 Å². The topological polar surface area (TPSA) is 96.7 Å². The minimum absolute atomic E-state index is 0.192. The van der Waals surface area contributed by atoms with Gasteiger partial charge in [-0.2, -0.15) is 0 Å². The second kappa shape index (κ2) is 6.87. The largest absolute Gasteiger partial charge is 0.421 e. The molecule has 0 saturated heterocycles. The van der Waals surface area contributed by atoms with Crippen molar-refractivity contribution in [2.45, 2.75) is 13.8 Å². The van der Waals surface area contributed by atoms with Crippen LogP contribution in [-0.2, 0) is 0 Å². The summed E-state index contributed by atoms with van der Waals surface area (Å²) in [7, 11) is 0. The number of aryl methyl sites for hydroxylation is 2. The minimum atomic E-state index is -0.192. The first-order chi connectivity index (χ1) is 13.1. The van der Waals surface area contributed by atoms with E-state index in [-0.39, 0.29) is 5.91 Å². The summed E-state index contributed by atoms with van der Waals surface area (Å²) in [5, 5.41) is 10.7. The molecule has 7 nitrogen and oxygen atoms in total. The van der Waals surface area contributed by atoms with E-state index in [0.717, 1.165) is 28.2 Å². The first-order valence-corrected chi connectivity index (χ1v) is 8.42. The standard InChI is InChI=1S/C20H17N5O2/c1-12-3-4-16(18-21-9-10-22-18)11-17(12)23-19(26)14-5-7-15(8-6-14)20-25-24-13(2)27-20/h3-11H,1-2H3,(H,21,22)(H,23,26). The molecule has 0 spiro atoms. The van der Waals surface area contributed by atoms with Gasteiger partial charge in [0.2, 0.25) is 11.8 Å². The Morgan fingerprint density at radius 2 is 1.81 bits per heavy atom. The van der Waals surface area contributed by atoms with Crippen LogP contribution in [0, 0.1) is 13.8 Å². The molecule has 2 heterocycles. The Morgan fingerprint density at radius 1 is 1.04 bits per heavy atom. The zero-order chi connectivity index (χ0) is 18.8. The first-order valence-electron chi connectivity index (χ1n) is 8.42. The fourth-order valence-electron chi connectivity index (χ4n) is 2.70. The highest BCUT2D eigenvalue weighted by Crippen LogP contribution is 2.24. The van der Waals surface area contributed by atoms with Crippen LogP contribution in [0.15, 0.2) is 59.3 Å². The highest BCUT2D eigenvalue weighted by molar-refractivity contribution is 6.05. The van der Waals surface area contributed by atoms with Gasteiger partial charge in [-0.15, -0.1) is 10.2 Å². The molecule has 0 unspecified atom stereocenters. The Balaban J connectivity index is 1.54. The van der Waals surface area contributed by atoms with E-state index in [1.807, 2.05) is 25.1 Å². The summed E-state index contributed by atoms with van der Waals surface area (Å²) in [4.78, 5) is 19.9. The van der Waals surface area contributed by atoms with Crippen molar-refractivity contribution in [1.29, 1.82) is 0 Å². The third kappa shape index (κ3) is 3.48. The van der Waals surface area contributed by atoms with Crippen molar-refractivity contribution in [2.24, 2.45) is 0 Å². The van der Waals surface area contributed by atoms with Crippen molar-refractivity contribution in [2.75, 3.05) is 5.32 Å². The number of nitrogens with zero attached hydrogens (tertiary/aromatic N) is 3. The van der Waals surface area contributed by atoms with Crippen molar-refractivity contribution in [3.8, 4) is 22.8 Å². The van der Waals surface area contributed by atoms with Gasteiger partial charge in [-0.25, -0.2) is 4.98 Å². The average molecular weight is 359 g/mol. The SMILES string of the molecule is Cc1nnc(-c2ccc(C(=O)Nc3cc(-c4ncc[nH]4)ccc3C)cc2)o1. The van der Waals surface area contributed by atoms with Crippen molar-refractivity contribution >= 4 is 11.6 Å². The van der Waals surface area contributed by atoms with Crippen LogP contribution < -0.4 is 5.32 Å². The van der Waals surface area contributed by atoms with E-state index in [9.17, 15) is 4.79 Å². The maximum atomic E-state index is 12.6. The molecular formula is C20H17N5O2. The molecule has 0 atom stereocenters. The molecule has 1 amide bonds. The molecule has 7 heteroatoms. The smallest absolute Gasteiger partial charge is 0.255 e. The number of aromatic amines is 1. The highest BCUT2D eigenvalue weighted by Gasteiger charge is 2.11. The number of amides is 1. The second-order valence-electron chi connectivity index (χ2n) is 6.13. The summed E-state index contributed by atoms with van der Waals surface area (Å²) >= 11 is 0. The maximum absolute atomic E-state index is 12.6. The van der Waals surface area contributed by atoms with Crippen LogP contribution in [0.25, 0.3) is 22.8 Å². The summed E-state index contributed by atoms with van der Waals surface area (Å²) in [6.07, 6.45) is 3.46. The monoisotopic (exact) mass is 359 g/mol. The summed E-state index contributed by atoms with van der Waals surface area (Å²) in [5.41, 5.74) is 3.92. The van der Waals surface area contributed by atoms with Gasteiger partial charge >= 0.3 is 0 Å². The van der Waals surface area contributed by atoms with Gasteiger partial charge in [-0.3, -0.25) is 4.79 Å². The molecule has 0 fully saturated rings. The van der Waals surface area contributed by atoms with Gasteiger partial charge < -0.3 is 14.7 Å².